The molecule has 3 aromatic heterocycles. The smallest absolute Gasteiger partial charge is 0.228 e. The summed E-state index contributed by atoms with van der Waals surface area (Å²) < 4.78 is 8.20. The van der Waals surface area contributed by atoms with Crippen LogP contribution in [0.15, 0.2) is 66.3 Å². The summed E-state index contributed by atoms with van der Waals surface area (Å²) in [6.07, 6.45) is 6.02. The van der Waals surface area contributed by atoms with Gasteiger partial charge < -0.3 is 9.64 Å². The number of anilines is 1. The summed E-state index contributed by atoms with van der Waals surface area (Å²) in [4.78, 5) is 10.5. The lowest BCUT2D eigenvalue weighted by atomic mass is 10.1. The van der Waals surface area contributed by atoms with Crippen molar-refractivity contribution in [3.05, 3.63) is 71.2 Å². The molecule has 0 aliphatic carbocycles. The molecule has 7 nitrogen and oxygen atoms in total. The lowest BCUT2D eigenvalue weighted by Crippen LogP contribution is -2.55. The van der Waals surface area contributed by atoms with Gasteiger partial charge in [0.25, 0.3) is 0 Å². The van der Waals surface area contributed by atoms with Crippen LogP contribution in [0.5, 0.6) is 11.5 Å². The van der Waals surface area contributed by atoms with E-state index in [1.807, 2.05) is 24.3 Å². The van der Waals surface area contributed by atoms with Gasteiger partial charge in [0, 0.05) is 41.8 Å². The van der Waals surface area contributed by atoms with E-state index < -0.39 is 0 Å². The maximum atomic E-state index is 5.92. The van der Waals surface area contributed by atoms with Crippen molar-refractivity contribution in [1.82, 2.24) is 24.6 Å². The Kier molecular flexibility index (Phi) is 5.76. The average molecular weight is 473 g/mol. The highest BCUT2D eigenvalue weighted by Crippen LogP contribution is 2.32. The van der Waals surface area contributed by atoms with Crippen molar-refractivity contribution in [3.63, 3.8) is 0 Å². The number of hydrogen-bond acceptors (Lipinski definition) is 7. The number of hydrogen-bond donors (Lipinski definition) is 0. The Morgan fingerprint density at radius 2 is 1.94 bits per heavy atom. The van der Waals surface area contributed by atoms with Crippen LogP contribution in [-0.2, 0) is 6.54 Å². The molecule has 174 valence electrons. The molecule has 4 aromatic rings. The fraction of sp³-hybridized carbons (Fsp3) is 0.346. The van der Waals surface area contributed by atoms with E-state index in [2.05, 4.69) is 61.0 Å². The van der Waals surface area contributed by atoms with E-state index in [4.69, 9.17) is 9.84 Å². The zero-order chi connectivity index (χ0) is 22.9. The van der Waals surface area contributed by atoms with E-state index in [9.17, 15) is 0 Å². The van der Waals surface area contributed by atoms with Crippen LogP contribution in [-0.4, -0.2) is 56.4 Å². The number of benzene rings is 1. The van der Waals surface area contributed by atoms with Crippen LogP contribution < -0.4 is 9.64 Å². The molecule has 2 unspecified atom stereocenters. The molecule has 8 heteroatoms. The molecular weight excluding hydrogens is 444 g/mol. The van der Waals surface area contributed by atoms with Crippen LogP contribution in [0.4, 0.5) is 5.95 Å². The van der Waals surface area contributed by atoms with Gasteiger partial charge in [0.05, 0.1) is 12.7 Å². The van der Waals surface area contributed by atoms with Crippen molar-refractivity contribution in [2.24, 2.45) is 0 Å². The lowest BCUT2D eigenvalue weighted by Gasteiger charge is -2.42. The largest absolute Gasteiger partial charge is 0.456 e. The Labute approximate surface area is 203 Å². The van der Waals surface area contributed by atoms with Crippen LogP contribution in [0.3, 0.4) is 0 Å². The van der Waals surface area contributed by atoms with Crippen LogP contribution in [0.1, 0.15) is 24.6 Å². The predicted molar refractivity (Wildman–Crippen MR) is 135 cm³/mol. The first-order valence-corrected chi connectivity index (χ1v) is 12.8. The minimum Gasteiger partial charge on any atom is -0.456 e. The number of pyridine rings is 1. The van der Waals surface area contributed by atoms with Crippen LogP contribution in [0.2, 0.25) is 0 Å². The molecule has 0 amide bonds. The Morgan fingerprint density at radius 3 is 2.74 bits per heavy atom. The molecule has 0 bridgehead atoms. The van der Waals surface area contributed by atoms with Crippen molar-refractivity contribution in [2.45, 2.75) is 38.4 Å². The van der Waals surface area contributed by atoms with E-state index in [-0.39, 0.29) is 0 Å². The monoisotopic (exact) mass is 472 g/mol. The number of ether oxygens (including phenoxy) is 1. The Hall–Kier alpha value is -3.23. The molecule has 0 radical (unpaired) electrons. The third-order valence-corrected chi connectivity index (χ3v) is 7.66. The second-order valence-corrected chi connectivity index (χ2v) is 10.1. The maximum absolute atomic E-state index is 5.92. The summed E-state index contributed by atoms with van der Waals surface area (Å²) in [7, 11) is 0. The van der Waals surface area contributed by atoms with Gasteiger partial charge in [-0.1, -0.05) is 6.07 Å². The molecule has 2 saturated heterocycles. The van der Waals surface area contributed by atoms with Crippen molar-refractivity contribution >= 4 is 17.3 Å². The van der Waals surface area contributed by atoms with Crippen LogP contribution in [0, 0.1) is 0 Å². The first-order chi connectivity index (χ1) is 16.7. The highest BCUT2D eigenvalue weighted by atomic mass is 32.1. The molecule has 0 N–H and O–H groups in total. The molecule has 0 saturated carbocycles. The Bertz CT molecular complexity index is 1220. The van der Waals surface area contributed by atoms with Crippen molar-refractivity contribution < 1.29 is 4.74 Å². The second kappa shape index (κ2) is 9.19. The van der Waals surface area contributed by atoms with Crippen molar-refractivity contribution in [3.8, 4) is 22.9 Å². The normalized spacial score (nSPS) is 20.4. The van der Waals surface area contributed by atoms with Crippen molar-refractivity contribution in [1.29, 1.82) is 0 Å². The second-order valence-electron chi connectivity index (χ2n) is 9.10. The summed E-state index contributed by atoms with van der Waals surface area (Å²) in [6, 6.07) is 17.2. The average Bonchev–Trinajstić information content (AvgIpc) is 3.62. The lowest BCUT2D eigenvalue weighted by molar-refractivity contribution is 0.201. The quantitative estimate of drug-likeness (QED) is 0.397. The molecule has 2 aliphatic heterocycles. The molecule has 5 heterocycles. The van der Waals surface area contributed by atoms with Crippen molar-refractivity contribution in [2.75, 3.05) is 24.5 Å². The first-order valence-electron chi connectivity index (χ1n) is 11.9. The molecular formula is C26H28N6OS. The number of piperazine rings is 1. The molecule has 2 atom stereocenters. The minimum atomic E-state index is 0.406. The van der Waals surface area contributed by atoms with Gasteiger partial charge in [-0.25, -0.2) is 0 Å². The molecule has 1 aromatic carbocycles. The van der Waals surface area contributed by atoms with Gasteiger partial charge in [0.15, 0.2) is 5.82 Å². The number of thiophene rings is 1. The SMILES string of the molecule is CC1CN2CCCC2CN1c1nnc(-c2ccc(Oc3cccnc3)cc2)n1Cc1cccs1. The highest BCUT2D eigenvalue weighted by molar-refractivity contribution is 7.09. The number of aromatic nitrogens is 4. The minimum absolute atomic E-state index is 0.406. The highest BCUT2D eigenvalue weighted by Gasteiger charge is 2.36. The standard InChI is InChI=1S/C26H28N6OS/c1-19-16-30-13-3-5-21(30)17-31(19)26-29-28-25(32(26)18-24-7-4-14-34-24)20-8-10-22(11-9-20)33-23-6-2-12-27-15-23/h2,4,6-12,14-15,19,21H,3,5,13,16-18H2,1H3. The van der Waals surface area contributed by atoms with E-state index in [0.29, 0.717) is 12.1 Å². The van der Waals surface area contributed by atoms with Gasteiger partial charge in [-0.05, 0) is 74.2 Å². The topological polar surface area (TPSA) is 59.3 Å². The number of nitrogens with zero attached hydrogens (tertiary/aromatic N) is 6. The zero-order valence-corrected chi connectivity index (χ0v) is 20.1. The zero-order valence-electron chi connectivity index (χ0n) is 19.2. The van der Waals surface area contributed by atoms with Gasteiger partial charge in [-0.15, -0.1) is 21.5 Å². The number of rotatable bonds is 6. The Morgan fingerprint density at radius 1 is 1.03 bits per heavy atom. The van der Waals surface area contributed by atoms with E-state index >= 15 is 0 Å². The molecule has 2 aliphatic rings. The van der Waals surface area contributed by atoms with Gasteiger partial charge in [0.1, 0.15) is 11.5 Å². The van der Waals surface area contributed by atoms with Gasteiger partial charge >= 0.3 is 0 Å². The summed E-state index contributed by atoms with van der Waals surface area (Å²) in [5.41, 5.74) is 1.03. The summed E-state index contributed by atoms with van der Waals surface area (Å²) in [6.45, 7) is 6.40. The van der Waals surface area contributed by atoms with E-state index in [1.54, 1.807) is 23.7 Å². The molecule has 6 rings (SSSR count). The predicted octanol–water partition coefficient (Wildman–Crippen LogP) is 4.92. The third kappa shape index (κ3) is 4.19. The Balaban J connectivity index is 1.32. The van der Waals surface area contributed by atoms with E-state index in [1.165, 1.54) is 24.3 Å². The third-order valence-electron chi connectivity index (χ3n) is 6.80. The molecule has 0 spiro atoms. The maximum Gasteiger partial charge on any atom is 0.228 e. The fourth-order valence-corrected chi connectivity index (χ4v) is 5.80. The van der Waals surface area contributed by atoms with E-state index in [0.717, 1.165) is 48.5 Å². The van der Waals surface area contributed by atoms with Crippen LogP contribution >= 0.6 is 11.3 Å². The van der Waals surface area contributed by atoms with Gasteiger partial charge in [-0.2, -0.15) is 0 Å². The fourth-order valence-electron chi connectivity index (χ4n) is 5.11. The summed E-state index contributed by atoms with van der Waals surface area (Å²) in [5.74, 6) is 3.35. The van der Waals surface area contributed by atoms with Gasteiger partial charge in [-0.3, -0.25) is 14.5 Å². The molecule has 2 fully saturated rings. The van der Waals surface area contributed by atoms with Crippen LogP contribution in [0.25, 0.3) is 11.4 Å². The first kappa shape index (κ1) is 21.3. The molecule has 34 heavy (non-hydrogen) atoms. The van der Waals surface area contributed by atoms with Gasteiger partial charge in [0.2, 0.25) is 5.95 Å². The number of fused-ring (bicyclic) bond motifs is 1. The summed E-state index contributed by atoms with van der Waals surface area (Å²) in [5, 5.41) is 11.6. The summed E-state index contributed by atoms with van der Waals surface area (Å²) >= 11 is 1.77.